The molecule has 0 radical (unpaired) electrons. The summed E-state index contributed by atoms with van der Waals surface area (Å²) in [6.45, 7) is 7.67. The molecule has 2 nitrogen and oxygen atoms in total. The van der Waals surface area contributed by atoms with Crippen LogP contribution in [0.25, 0.3) is 0 Å². The molecule has 82 valence electrons. The Balaban J connectivity index is 2.31. The number of rotatable bonds is 1. The van der Waals surface area contributed by atoms with E-state index in [1.54, 1.807) is 0 Å². The molecule has 0 bridgehead atoms. The van der Waals surface area contributed by atoms with Crippen LogP contribution in [0.4, 0.5) is 0 Å². The van der Waals surface area contributed by atoms with Gasteiger partial charge in [-0.15, -0.1) is 0 Å². The topological polar surface area (TPSA) is 22.0 Å². The number of Topliss-reactive ketones (excluding diaryl/α,β-unsaturated/α-hetero) is 1. The highest BCUT2D eigenvalue weighted by molar-refractivity contribution is 5.98. The number of aromatic nitrogens is 1. The summed E-state index contributed by atoms with van der Waals surface area (Å²) < 4.78 is 2.26. The molecule has 0 aliphatic heterocycles. The van der Waals surface area contributed by atoms with Crippen LogP contribution in [0, 0.1) is 5.41 Å². The number of carbonyl (C=O) groups excluding carboxylic acids is 1. The summed E-state index contributed by atoms with van der Waals surface area (Å²) in [5.74, 6) is 0.323. The van der Waals surface area contributed by atoms with E-state index in [-0.39, 0.29) is 5.41 Å². The van der Waals surface area contributed by atoms with Crippen LogP contribution in [0.5, 0.6) is 0 Å². The van der Waals surface area contributed by atoms with E-state index in [2.05, 4.69) is 31.5 Å². The molecule has 2 rings (SSSR count). The average Bonchev–Trinajstić information content (AvgIpc) is 2.48. The SMILES string of the molecule is CC(C)(C)Cn1ccc2c1CCCC2=O. The number of carbonyl (C=O) groups is 1. The number of fused-ring (bicyclic) bond motifs is 1. The van der Waals surface area contributed by atoms with E-state index in [0.29, 0.717) is 5.78 Å². The van der Waals surface area contributed by atoms with Crippen molar-refractivity contribution in [1.29, 1.82) is 0 Å². The number of hydrogen-bond acceptors (Lipinski definition) is 1. The molecule has 0 fully saturated rings. The second-order valence-corrected chi connectivity index (χ2v) is 5.64. The number of ketones is 1. The molecule has 0 spiro atoms. The molecule has 1 heterocycles. The van der Waals surface area contributed by atoms with Crippen LogP contribution in [0.15, 0.2) is 12.3 Å². The Hall–Kier alpha value is -1.05. The van der Waals surface area contributed by atoms with Gasteiger partial charge in [0.1, 0.15) is 0 Å². The average molecular weight is 205 g/mol. The minimum atomic E-state index is 0.271. The maximum Gasteiger partial charge on any atom is 0.164 e. The first-order valence-corrected chi connectivity index (χ1v) is 5.68. The van der Waals surface area contributed by atoms with Crippen molar-refractivity contribution >= 4 is 5.78 Å². The summed E-state index contributed by atoms with van der Waals surface area (Å²) in [7, 11) is 0. The van der Waals surface area contributed by atoms with Gasteiger partial charge in [0.25, 0.3) is 0 Å². The first-order chi connectivity index (χ1) is 6.97. The molecule has 0 saturated carbocycles. The first kappa shape index (κ1) is 10.5. The Morgan fingerprint density at radius 3 is 2.73 bits per heavy atom. The van der Waals surface area contributed by atoms with E-state index in [1.807, 2.05) is 6.07 Å². The van der Waals surface area contributed by atoms with Gasteiger partial charge in [0.15, 0.2) is 5.78 Å². The lowest BCUT2D eigenvalue weighted by molar-refractivity contribution is 0.0971. The highest BCUT2D eigenvalue weighted by atomic mass is 16.1. The highest BCUT2D eigenvalue weighted by Crippen LogP contribution is 2.25. The highest BCUT2D eigenvalue weighted by Gasteiger charge is 2.22. The summed E-state index contributed by atoms with van der Waals surface area (Å²) in [5, 5.41) is 0. The van der Waals surface area contributed by atoms with Gasteiger partial charge in [-0.05, 0) is 24.3 Å². The second-order valence-electron chi connectivity index (χ2n) is 5.64. The summed E-state index contributed by atoms with van der Waals surface area (Å²) >= 11 is 0. The fourth-order valence-corrected chi connectivity index (χ4v) is 2.25. The van der Waals surface area contributed by atoms with E-state index >= 15 is 0 Å². The predicted molar refractivity (Wildman–Crippen MR) is 61.2 cm³/mol. The quantitative estimate of drug-likeness (QED) is 0.690. The van der Waals surface area contributed by atoms with Crippen molar-refractivity contribution in [2.24, 2.45) is 5.41 Å². The van der Waals surface area contributed by atoms with Gasteiger partial charge in [-0.1, -0.05) is 20.8 Å². The molecule has 0 N–H and O–H groups in total. The zero-order valence-electron chi connectivity index (χ0n) is 9.84. The fourth-order valence-electron chi connectivity index (χ4n) is 2.25. The van der Waals surface area contributed by atoms with Crippen molar-refractivity contribution in [3.8, 4) is 0 Å². The standard InChI is InChI=1S/C13H19NO/c1-13(2,3)9-14-8-7-10-11(14)5-4-6-12(10)15/h7-8H,4-6,9H2,1-3H3. The van der Waals surface area contributed by atoms with Crippen molar-refractivity contribution < 1.29 is 4.79 Å². The smallest absolute Gasteiger partial charge is 0.164 e. The van der Waals surface area contributed by atoms with E-state index in [9.17, 15) is 4.79 Å². The monoisotopic (exact) mass is 205 g/mol. The molecular formula is C13H19NO. The van der Waals surface area contributed by atoms with E-state index in [1.165, 1.54) is 5.69 Å². The first-order valence-electron chi connectivity index (χ1n) is 5.68. The lowest BCUT2D eigenvalue weighted by Gasteiger charge is -2.22. The Morgan fingerprint density at radius 1 is 1.33 bits per heavy atom. The third-order valence-electron chi connectivity index (χ3n) is 2.84. The van der Waals surface area contributed by atoms with Crippen molar-refractivity contribution in [3.63, 3.8) is 0 Å². The molecule has 15 heavy (non-hydrogen) atoms. The molecule has 0 saturated heterocycles. The molecule has 1 aliphatic carbocycles. The normalized spacial score (nSPS) is 16.6. The maximum absolute atomic E-state index is 11.7. The number of nitrogens with zero attached hydrogens (tertiary/aromatic N) is 1. The van der Waals surface area contributed by atoms with Crippen molar-refractivity contribution in [1.82, 2.24) is 4.57 Å². The van der Waals surface area contributed by atoms with Gasteiger partial charge in [0.05, 0.1) is 0 Å². The van der Waals surface area contributed by atoms with E-state index < -0.39 is 0 Å². The van der Waals surface area contributed by atoms with Crippen LogP contribution in [-0.2, 0) is 13.0 Å². The van der Waals surface area contributed by atoms with E-state index in [0.717, 1.165) is 31.4 Å². The van der Waals surface area contributed by atoms with Crippen LogP contribution < -0.4 is 0 Å². The summed E-state index contributed by atoms with van der Waals surface area (Å²) in [6, 6.07) is 1.99. The van der Waals surface area contributed by atoms with Gasteiger partial charge >= 0.3 is 0 Å². The molecule has 0 unspecified atom stereocenters. The minimum absolute atomic E-state index is 0.271. The maximum atomic E-state index is 11.7. The third kappa shape index (κ3) is 2.14. The molecule has 1 aromatic heterocycles. The third-order valence-corrected chi connectivity index (χ3v) is 2.84. The lowest BCUT2D eigenvalue weighted by Crippen LogP contribution is -2.19. The molecule has 1 aliphatic rings. The largest absolute Gasteiger partial charge is 0.350 e. The molecule has 1 aromatic rings. The van der Waals surface area contributed by atoms with Gasteiger partial charge < -0.3 is 4.57 Å². The summed E-state index contributed by atoms with van der Waals surface area (Å²) in [4.78, 5) is 11.7. The number of hydrogen-bond donors (Lipinski definition) is 0. The summed E-state index contributed by atoms with van der Waals surface area (Å²) in [5.41, 5.74) is 2.49. The zero-order valence-corrected chi connectivity index (χ0v) is 9.84. The van der Waals surface area contributed by atoms with Gasteiger partial charge in [-0.2, -0.15) is 0 Å². The lowest BCUT2D eigenvalue weighted by atomic mass is 9.94. The molecule has 0 amide bonds. The zero-order chi connectivity index (χ0) is 11.1. The fraction of sp³-hybridized carbons (Fsp3) is 0.615. The van der Waals surface area contributed by atoms with Gasteiger partial charge in [-0.3, -0.25) is 4.79 Å². The van der Waals surface area contributed by atoms with Crippen LogP contribution in [0.3, 0.4) is 0 Å². The predicted octanol–water partition coefficient (Wildman–Crippen LogP) is 3.05. The van der Waals surface area contributed by atoms with Gasteiger partial charge in [0, 0.05) is 30.4 Å². The summed E-state index contributed by atoms with van der Waals surface area (Å²) in [6.07, 6.45) is 4.87. The minimum Gasteiger partial charge on any atom is -0.350 e. The van der Waals surface area contributed by atoms with Crippen LogP contribution >= 0.6 is 0 Å². The van der Waals surface area contributed by atoms with Crippen LogP contribution in [0.1, 0.15) is 49.7 Å². The Morgan fingerprint density at radius 2 is 2.07 bits per heavy atom. The van der Waals surface area contributed by atoms with Crippen molar-refractivity contribution in [2.45, 2.75) is 46.6 Å². The van der Waals surface area contributed by atoms with Gasteiger partial charge in [0.2, 0.25) is 0 Å². The van der Waals surface area contributed by atoms with Gasteiger partial charge in [-0.25, -0.2) is 0 Å². The Labute approximate surface area is 91.3 Å². The van der Waals surface area contributed by atoms with Crippen molar-refractivity contribution in [2.75, 3.05) is 0 Å². The van der Waals surface area contributed by atoms with Crippen LogP contribution in [0.2, 0.25) is 0 Å². The van der Waals surface area contributed by atoms with E-state index in [4.69, 9.17) is 0 Å². The van der Waals surface area contributed by atoms with Crippen molar-refractivity contribution in [3.05, 3.63) is 23.5 Å². The second kappa shape index (κ2) is 3.51. The Kier molecular flexibility index (Phi) is 2.45. The molecular weight excluding hydrogens is 186 g/mol. The molecule has 0 atom stereocenters. The molecule has 0 aromatic carbocycles. The molecule has 2 heteroatoms. The van der Waals surface area contributed by atoms with Crippen LogP contribution in [-0.4, -0.2) is 10.4 Å². The Bertz CT molecular complexity index is 382.